The lowest BCUT2D eigenvalue weighted by Crippen LogP contribution is -2.52. The number of rotatable bonds is 3. The molecule has 0 saturated heterocycles. The molecule has 0 aliphatic heterocycles. The number of carbonyl (C=O) groups excluding carboxylic acids is 1. The second kappa shape index (κ2) is 4.75. The van der Waals surface area contributed by atoms with Gasteiger partial charge >= 0.3 is 12.1 Å². The van der Waals surface area contributed by atoms with Gasteiger partial charge in [0.2, 0.25) is 0 Å². The van der Waals surface area contributed by atoms with E-state index in [-0.39, 0.29) is 5.41 Å². The van der Waals surface area contributed by atoms with E-state index in [2.05, 4.69) is 6.58 Å². The summed E-state index contributed by atoms with van der Waals surface area (Å²) in [6.07, 6.45) is 1.54. The van der Waals surface area contributed by atoms with E-state index in [9.17, 15) is 18.0 Å². The van der Waals surface area contributed by atoms with Crippen molar-refractivity contribution in [1.82, 2.24) is 0 Å². The smallest absolute Gasteiger partial charge is 0.422 e. The maximum absolute atomic E-state index is 12.5. The number of alkyl halides is 3. The quantitative estimate of drug-likeness (QED) is 0.575. The molecular weight excluding hydrogens is 281 g/mol. The van der Waals surface area contributed by atoms with Gasteiger partial charge in [0.1, 0.15) is 11.7 Å². The molecule has 0 spiro atoms. The molecule has 0 amide bonds. The van der Waals surface area contributed by atoms with Gasteiger partial charge in [-0.1, -0.05) is 6.58 Å². The first kappa shape index (κ1) is 14.9. The highest BCUT2D eigenvalue weighted by molar-refractivity contribution is 5.89. The molecule has 4 bridgehead atoms. The first-order chi connectivity index (χ1) is 9.69. The van der Waals surface area contributed by atoms with Crippen molar-refractivity contribution in [3.05, 3.63) is 12.2 Å². The van der Waals surface area contributed by atoms with E-state index in [1.54, 1.807) is 6.92 Å². The average Bonchev–Trinajstić information content (AvgIpc) is 2.34. The van der Waals surface area contributed by atoms with Crippen LogP contribution in [0.2, 0.25) is 0 Å². The first-order valence-electron chi connectivity index (χ1n) is 7.67. The molecule has 1 atom stereocenters. The summed E-state index contributed by atoms with van der Waals surface area (Å²) < 4.78 is 42.7. The Hall–Kier alpha value is -1.00. The van der Waals surface area contributed by atoms with Crippen molar-refractivity contribution in [3.63, 3.8) is 0 Å². The van der Waals surface area contributed by atoms with Crippen molar-refractivity contribution in [2.45, 2.75) is 57.7 Å². The Morgan fingerprint density at radius 1 is 1.14 bits per heavy atom. The third kappa shape index (κ3) is 2.59. The van der Waals surface area contributed by atoms with Crippen molar-refractivity contribution < 1.29 is 22.7 Å². The second-order valence-electron chi connectivity index (χ2n) is 7.30. The zero-order valence-electron chi connectivity index (χ0n) is 12.2. The summed E-state index contributed by atoms with van der Waals surface area (Å²) in [6, 6.07) is 0. The van der Waals surface area contributed by atoms with Gasteiger partial charge < -0.3 is 4.74 Å². The Labute approximate surface area is 122 Å². The van der Waals surface area contributed by atoms with E-state index in [1.807, 2.05) is 0 Å². The van der Waals surface area contributed by atoms with E-state index in [1.165, 1.54) is 19.3 Å². The highest BCUT2D eigenvalue weighted by Gasteiger charge is 2.54. The molecule has 5 heteroatoms. The van der Waals surface area contributed by atoms with E-state index in [0.29, 0.717) is 17.8 Å². The molecule has 4 fully saturated rings. The summed E-state index contributed by atoms with van der Waals surface area (Å²) in [5, 5.41) is 0. The van der Waals surface area contributed by atoms with Crippen LogP contribution in [0, 0.1) is 23.2 Å². The monoisotopic (exact) mass is 302 g/mol. The van der Waals surface area contributed by atoms with Gasteiger partial charge in [-0.05, 0) is 63.2 Å². The zero-order valence-corrected chi connectivity index (χ0v) is 12.2. The van der Waals surface area contributed by atoms with Crippen molar-refractivity contribution in [2.75, 3.05) is 0 Å². The minimum Gasteiger partial charge on any atom is -0.458 e. The van der Waals surface area contributed by atoms with Gasteiger partial charge in [0.05, 0.1) is 0 Å². The molecule has 0 aromatic rings. The summed E-state index contributed by atoms with van der Waals surface area (Å²) in [4.78, 5) is 11.7. The number of carbonyl (C=O) groups is 1. The first-order valence-corrected chi connectivity index (χ1v) is 7.67. The van der Waals surface area contributed by atoms with Crippen molar-refractivity contribution in [3.8, 4) is 0 Å². The summed E-state index contributed by atoms with van der Waals surface area (Å²) >= 11 is 0. The van der Waals surface area contributed by atoms with Crippen LogP contribution in [-0.2, 0) is 9.53 Å². The minimum absolute atomic E-state index is 0.101. The Bertz CT molecular complexity index is 431. The summed E-state index contributed by atoms with van der Waals surface area (Å²) in [6.45, 7) is 4.58. The van der Waals surface area contributed by atoms with Gasteiger partial charge in [-0.2, -0.15) is 13.2 Å². The Balaban J connectivity index is 1.70. The lowest BCUT2D eigenvalue weighted by Gasteiger charge is -2.58. The molecule has 4 saturated carbocycles. The molecule has 4 rings (SSSR count). The average molecular weight is 302 g/mol. The topological polar surface area (TPSA) is 26.3 Å². The van der Waals surface area contributed by atoms with Crippen LogP contribution in [0.1, 0.15) is 45.4 Å². The fourth-order valence-electron chi connectivity index (χ4n) is 5.15. The lowest BCUT2D eigenvalue weighted by molar-refractivity contribution is -0.173. The normalized spacial score (nSPS) is 39.1. The molecule has 4 aliphatic rings. The molecule has 0 aromatic carbocycles. The number of ether oxygens (including phenoxy) is 1. The molecule has 118 valence electrons. The molecule has 0 N–H and O–H groups in total. The summed E-state index contributed by atoms with van der Waals surface area (Å²) in [5.41, 5.74) is -1.50. The minimum atomic E-state index is -4.71. The van der Waals surface area contributed by atoms with Gasteiger partial charge in [-0.3, -0.25) is 0 Å². The van der Waals surface area contributed by atoms with Crippen LogP contribution >= 0.6 is 0 Å². The Kier molecular flexibility index (Phi) is 3.37. The predicted molar refractivity (Wildman–Crippen MR) is 71.4 cm³/mol. The highest BCUT2D eigenvalue weighted by atomic mass is 19.4. The molecule has 21 heavy (non-hydrogen) atoms. The van der Waals surface area contributed by atoms with Crippen molar-refractivity contribution in [2.24, 2.45) is 23.2 Å². The molecule has 2 nitrogen and oxygen atoms in total. The van der Waals surface area contributed by atoms with Crippen LogP contribution in [0.5, 0.6) is 0 Å². The van der Waals surface area contributed by atoms with Crippen molar-refractivity contribution >= 4 is 5.97 Å². The van der Waals surface area contributed by atoms with Crippen LogP contribution in [0.15, 0.2) is 12.2 Å². The Morgan fingerprint density at radius 3 is 1.95 bits per heavy atom. The fraction of sp³-hybridized carbons (Fsp3) is 0.812. The van der Waals surface area contributed by atoms with Crippen LogP contribution in [0.25, 0.3) is 0 Å². The van der Waals surface area contributed by atoms with Gasteiger partial charge in [-0.15, -0.1) is 0 Å². The van der Waals surface area contributed by atoms with E-state index >= 15 is 0 Å². The highest BCUT2D eigenvalue weighted by Crippen LogP contribution is 2.61. The van der Waals surface area contributed by atoms with Gasteiger partial charge in [0.15, 0.2) is 0 Å². The number of esters is 1. The standard InChI is InChI=1S/C16H21F3O2/c1-9(16(17,18)19)14(20)21-10(2)15-6-11-3-12(7-15)5-13(4-11)8-15/h10-13H,1,3-8H2,2H3. The van der Waals surface area contributed by atoms with Gasteiger partial charge in [0, 0.05) is 5.41 Å². The van der Waals surface area contributed by atoms with Crippen LogP contribution < -0.4 is 0 Å². The predicted octanol–water partition coefficient (Wildman–Crippen LogP) is 4.25. The molecule has 4 aliphatic carbocycles. The van der Waals surface area contributed by atoms with E-state index in [0.717, 1.165) is 19.3 Å². The van der Waals surface area contributed by atoms with Crippen LogP contribution in [0.3, 0.4) is 0 Å². The van der Waals surface area contributed by atoms with Crippen LogP contribution in [-0.4, -0.2) is 18.2 Å². The maximum atomic E-state index is 12.5. The number of hydrogen-bond acceptors (Lipinski definition) is 2. The van der Waals surface area contributed by atoms with E-state index in [4.69, 9.17) is 4.74 Å². The Morgan fingerprint density at radius 2 is 1.57 bits per heavy atom. The lowest BCUT2D eigenvalue weighted by atomic mass is 9.48. The van der Waals surface area contributed by atoms with Gasteiger partial charge in [-0.25, -0.2) is 4.79 Å². The van der Waals surface area contributed by atoms with Gasteiger partial charge in [0.25, 0.3) is 0 Å². The SMILES string of the molecule is C=C(C(=O)OC(C)C12CC3CC(CC(C3)C1)C2)C(F)(F)F. The number of hydrogen-bond donors (Lipinski definition) is 0. The fourth-order valence-corrected chi connectivity index (χ4v) is 5.15. The maximum Gasteiger partial charge on any atom is 0.422 e. The third-order valence-corrected chi connectivity index (χ3v) is 5.82. The third-order valence-electron chi connectivity index (χ3n) is 5.82. The largest absolute Gasteiger partial charge is 0.458 e. The van der Waals surface area contributed by atoms with Crippen LogP contribution in [0.4, 0.5) is 13.2 Å². The summed E-state index contributed by atoms with van der Waals surface area (Å²) in [7, 11) is 0. The molecule has 0 aromatic heterocycles. The van der Waals surface area contributed by atoms with Crippen molar-refractivity contribution in [1.29, 1.82) is 0 Å². The molecule has 0 heterocycles. The molecule has 0 radical (unpaired) electrons. The van der Waals surface area contributed by atoms with E-state index < -0.39 is 23.8 Å². The second-order valence-corrected chi connectivity index (χ2v) is 7.30. The molecular formula is C16H21F3O2. The number of halogens is 3. The zero-order chi connectivity index (χ0) is 15.4. The molecule has 1 unspecified atom stereocenters. The summed E-state index contributed by atoms with van der Waals surface area (Å²) in [5.74, 6) is 0.695.